The molecular weight excluding hydrogens is 148 g/mol. The molecule has 3 unspecified atom stereocenters. The second-order valence-corrected chi connectivity index (χ2v) is 5.13. The van der Waals surface area contributed by atoms with E-state index in [1.54, 1.807) is 0 Å². The van der Waals surface area contributed by atoms with Gasteiger partial charge < -0.3 is 11.5 Å². The average Bonchev–Trinajstić information content (AvgIpc) is 1.96. The maximum Gasteiger partial charge on any atom is 0.0181 e. The van der Waals surface area contributed by atoms with Crippen molar-refractivity contribution < 1.29 is 0 Å². The van der Waals surface area contributed by atoms with Crippen molar-refractivity contribution in [2.75, 3.05) is 0 Å². The highest BCUT2D eigenvalue weighted by molar-refractivity contribution is 5.03. The average molecular weight is 170 g/mol. The van der Waals surface area contributed by atoms with Gasteiger partial charge in [-0.25, -0.2) is 0 Å². The largest absolute Gasteiger partial charge is 0.327 e. The predicted octanol–water partition coefficient (Wildman–Crippen LogP) is 1.49. The van der Waals surface area contributed by atoms with E-state index in [1.807, 2.05) is 0 Å². The monoisotopic (exact) mass is 170 g/mol. The summed E-state index contributed by atoms with van der Waals surface area (Å²) in [6.45, 7) is 8.83. The third-order valence-corrected chi connectivity index (χ3v) is 4.25. The first-order chi connectivity index (χ1) is 5.29. The van der Waals surface area contributed by atoms with Gasteiger partial charge >= 0.3 is 0 Å². The highest BCUT2D eigenvalue weighted by Gasteiger charge is 2.47. The molecule has 2 nitrogen and oxygen atoms in total. The van der Waals surface area contributed by atoms with Crippen molar-refractivity contribution in [2.45, 2.75) is 52.1 Å². The van der Waals surface area contributed by atoms with Crippen LogP contribution in [0.2, 0.25) is 0 Å². The maximum absolute atomic E-state index is 6.25. The molecule has 4 N–H and O–H groups in total. The molecule has 1 aliphatic carbocycles. The van der Waals surface area contributed by atoms with Gasteiger partial charge in [-0.3, -0.25) is 0 Å². The lowest BCUT2D eigenvalue weighted by molar-refractivity contribution is 0.0391. The topological polar surface area (TPSA) is 52.0 Å². The number of nitrogens with two attached hydrogens (primary N) is 2. The molecule has 12 heavy (non-hydrogen) atoms. The Hall–Kier alpha value is -0.0800. The summed E-state index contributed by atoms with van der Waals surface area (Å²) in [6, 6.07) is 0.330. The Morgan fingerprint density at radius 2 is 1.75 bits per heavy atom. The first-order valence-corrected chi connectivity index (χ1v) is 4.83. The SMILES string of the molecule is CC1C(N)CCC(C)(N)C1(C)C. The highest BCUT2D eigenvalue weighted by Crippen LogP contribution is 2.45. The van der Waals surface area contributed by atoms with E-state index in [1.165, 1.54) is 0 Å². The van der Waals surface area contributed by atoms with Crippen LogP contribution in [0, 0.1) is 11.3 Å². The quantitative estimate of drug-likeness (QED) is 0.578. The molecule has 0 aromatic rings. The van der Waals surface area contributed by atoms with E-state index in [0.29, 0.717) is 12.0 Å². The van der Waals surface area contributed by atoms with Crippen LogP contribution in [0.4, 0.5) is 0 Å². The van der Waals surface area contributed by atoms with Crippen molar-refractivity contribution in [1.29, 1.82) is 0 Å². The van der Waals surface area contributed by atoms with E-state index in [0.717, 1.165) is 12.8 Å². The molecule has 0 bridgehead atoms. The Morgan fingerprint density at radius 1 is 1.25 bits per heavy atom. The Kier molecular flexibility index (Phi) is 2.26. The molecule has 0 heterocycles. The summed E-state index contributed by atoms with van der Waals surface area (Å²) in [6.07, 6.45) is 2.11. The van der Waals surface area contributed by atoms with Gasteiger partial charge in [0.15, 0.2) is 0 Å². The summed E-state index contributed by atoms with van der Waals surface area (Å²) in [5, 5.41) is 0. The van der Waals surface area contributed by atoms with Gasteiger partial charge in [0.1, 0.15) is 0 Å². The Morgan fingerprint density at radius 3 is 2.17 bits per heavy atom. The summed E-state index contributed by atoms with van der Waals surface area (Å²) in [5.74, 6) is 0.515. The van der Waals surface area contributed by atoms with Crippen LogP contribution in [0.3, 0.4) is 0 Å². The summed E-state index contributed by atoms with van der Waals surface area (Å²) in [7, 11) is 0. The molecule has 2 heteroatoms. The molecule has 72 valence electrons. The summed E-state index contributed by atoms with van der Waals surface area (Å²) in [4.78, 5) is 0. The lowest BCUT2D eigenvalue weighted by atomic mass is 9.58. The fourth-order valence-electron chi connectivity index (χ4n) is 2.09. The molecule has 3 atom stereocenters. The zero-order valence-corrected chi connectivity index (χ0v) is 8.72. The van der Waals surface area contributed by atoms with E-state index in [2.05, 4.69) is 27.7 Å². The fraction of sp³-hybridized carbons (Fsp3) is 1.00. The minimum atomic E-state index is -0.0533. The van der Waals surface area contributed by atoms with Crippen LogP contribution < -0.4 is 11.5 Å². The fourth-order valence-corrected chi connectivity index (χ4v) is 2.09. The number of rotatable bonds is 0. The smallest absolute Gasteiger partial charge is 0.0181 e. The normalized spacial score (nSPS) is 47.5. The van der Waals surface area contributed by atoms with Crippen molar-refractivity contribution in [1.82, 2.24) is 0 Å². The second-order valence-electron chi connectivity index (χ2n) is 5.13. The molecule has 1 aliphatic rings. The van der Waals surface area contributed by atoms with E-state index in [-0.39, 0.29) is 11.0 Å². The molecule has 0 aromatic carbocycles. The van der Waals surface area contributed by atoms with Gasteiger partial charge in [0.05, 0.1) is 0 Å². The molecule has 0 aromatic heterocycles. The first-order valence-electron chi connectivity index (χ1n) is 4.83. The third-order valence-electron chi connectivity index (χ3n) is 4.25. The lowest BCUT2D eigenvalue weighted by Crippen LogP contribution is -2.60. The van der Waals surface area contributed by atoms with Crippen LogP contribution in [0.15, 0.2) is 0 Å². The highest BCUT2D eigenvalue weighted by atomic mass is 14.8. The standard InChI is InChI=1S/C10H22N2/c1-7-8(11)5-6-10(4,12)9(7,2)3/h7-8H,5-6,11-12H2,1-4H3. The molecule has 1 saturated carbocycles. The van der Waals surface area contributed by atoms with E-state index in [9.17, 15) is 0 Å². The van der Waals surface area contributed by atoms with Gasteiger partial charge in [0.25, 0.3) is 0 Å². The third kappa shape index (κ3) is 1.27. The van der Waals surface area contributed by atoms with Gasteiger partial charge in [0, 0.05) is 11.6 Å². The van der Waals surface area contributed by atoms with Crippen LogP contribution >= 0.6 is 0 Å². The van der Waals surface area contributed by atoms with Gasteiger partial charge in [0.2, 0.25) is 0 Å². The van der Waals surface area contributed by atoms with Crippen molar-refractivity contribution in [2.24, 2.45) is 22.8 Å². The van der Waals surface area contributed by atoms with Crippen LogP contribution in [-0.4, -0.2) is 11.6 Å². The Balaban J connectivity index is 2.88. The molecule has 1 rings (SSSR count). The molecule has 0 amide bonds. The molecule has 1 fully saturated rings. The van der Waals surface area contributed by atoms with Crippen LogP contribution in [-0.2, 0) is 0 Å². The van der Waals surface area contributed by atoms with Crippen molar-refractivity contribution in [3.05, 3.63) is 0 Å². The van der Waals surface area contributed by atoms with Gasteiger partial charge in [-0.15, -0.1) is 0 Å². The van der Waals surface area contributed by atoms with Gasteiger partial charge in [-0.2, -0.15) is 0 Å². The second kappa shape index (κ2) is 2.71. The van der Waals surface area contributed by atoms with Gasteiger partial charge in [-0.05, 0) is 31.1 Å². The minimum Gasteiger partial charge on any atom is -0.327 e. The summed E-state index contributed by atoms with van der Waals surface area (Å²) < 4.78 is 0. The minimum absolute atomic E-state index is 0.0533. The van der Waals surface area contributed by atoms with Crippen LogP contribution in [0.5, 0.6) is 0 Å². The van der Waals surface area contributed by atoms with E-state index >= 15 is 0 Å². The Bertz CT molecular complexity index is 173. The Labute approximate surface area is 75.7 Å². The van der Waals surface area contributed by atoms with Crippen molar-refractivity contribution in [3.63, 3.8) is 0 Å². The maximum atomic E-state index is 6.25. The lowest BCUT2D eigenvalue weighted by Gasteiger charge is -2.52. The summed E-state index contributed by atoms with van der Waals surface area (Å²) in [5.41, 5.74) is 12.4. The zero-order chi connectivity index (χ0) is 9.57. The predicted molar refractivity (Wildman–Crippen MR) is 52.7 cm³/mol. The number of hydrogen-bond acceptors (Lipinski definition) is 2. The van der Waals surface area contributed by atoms with Crippen molar-refractivity contribution in [3.8, 4) is 0 Å². The summed E-state index contributed by atoms with van der Waals surface area (Å²) >= 11 is 0. The zero-order valence-electron chi connectivity index (χ0n) is 8.72. The van der Waals surface area contributed by atoms with E-state index in [4.69, 9.17) is 11.5 Å². The molecule has 0 spiro atoms. The molecule has 0 saturated heterocycles. The van der Waals surface area contributed by atoms with Crippen molar-refractivity contribution >= 4 is 0 Å². The van der Waals surface area contributed by atoms with Crippen LogP contribution in [0.25, 0.3) is 0 Å². The van der Waals surface area contributed by atoms with Gasteiger partial charge in [-0.1, -0.05) is 20.8 Å². The van der Waals surface area contributed by atoms with E-state index < -0.39 is 0 Å². The molecular formula is C10H22N2. The molecule has 0 radical (unpaired) electrons. The molecule has 0 aliphatic heterocycles. The number of hydrogen-bond donors (Lipinski definition) is 2. The van der Waals surface area contributed by atoms with Crippen LogP contribution in [0.1, 0.15) is 40.5 Å². The first kappa shape index (κ1) is 10.0.